The van der Waals surface area contributed by atoms with Gasteiger partial charge in [0.1, 0.15) is 23.9 Å². The lowest BCUT2D eigenvalue weighted by atomic mass is 10.0. The van der Waals surface area contributed by atoms with Crippen LogP contribution in [-0.2, 0) is 35.2 Å². The van der Waals surface area contributed by atoms with Crippen LogP contribution >= 0.6 is 11.8 Å². The van der Waals surface area contributed by atoms with Crippen molar-refractivity contribution < 1.29 is 39.0 Å². The molecule has 15 heteroatoms. The number of hydrogen-bond donors (Lipinski definition) is 8. The lowest BCUT2D eigenvalue weighted by Gasteiger charge is -2.25. The summed E-state index contributed by atoms with van der Waals surface area (Å²) < 4.78 is 0. The standard InChI is InChI=1S/C22H32N6O8S/c1-37-7-6-14(26-19(32)13(23)9-17(24)30)20(33)27-15(8-11-2-4-12(29)5-3-11)21(34)28-16(22(35)36)10-18(25)31/h2-5,13-16,29H,6-10,23H2,1H3,(H2,24,30)(H2,25,31)(H,26,32)(H,27,33)(H,28,34)(H,35,36). The third-order valence-electron chi connectivity index (χ3n) is 5.03. The van der Waals surface area contributed by atoms with E-state index in [4.69, 9.17) is 17.2 Å². The van der Waals surface area contributed by atoms with E-state index in [1.165, 1.54) is 36.0 Å². The van der Waals surface area contributed by atoms with Crippen LogP contribution in [0.5, 0.6) is 5.75 Å². The Balaban J connectivity index is 3.15. The summed E-state index contributed by atoms with van der Waals surface area (Å²) in [6.07, 6.45) is 0.692. The Morgan fingerprint density at radius 2 is 1.35 bits per heavy atom. The minimum atomic E-state index is -1.64. The van der Waals surface area contributed by atoms with E-state index < -0.39 is 72.5 Å². The van der Waals surface area contributed by atoms with E-state index in [-0.39, 0.29) is 18.6 Å². The van der Waals surface area contributed by atoms with Crippen LogP contribution in [0.2, 0.25) is 0 Å². The SMILES string of the molecule is CSCCC(NC(=O)C(N)CC(N)=O)C(=O)NC(Cc1ccc(O)cc1)C(=O)NC(CC(N)=O)C(=O)O. The molecule has 0 saturated heterocycles. The normalized spacial score (nSPS) is 13.9. The Bertz CT molecular complexity index is 990. The van der Waals surface area contributed by atoms with E-state index in [0.717, 1.165) is 0 Å². The van der Waals surface area contributed by atoms with Crippen molar-refractivity contribution in [3.8, 4) is 5.75 Å². The Hall–Kier alpha value is -3.85. The molecule has 4 atom stereocenters. The summed E-state index contributed by atoms with van der Waals surface area (Å²) in [5.74, 6) is -5.35. The number of nitrogens with one attached hydrogen (secondary N) is 3. The van der Waals surface area contributed by atoms with Crippen LogP contribution in [0.15, 0.2) is 24.3 Å². The number of rotatable bonds is 16. The van der Waals surface area contributed by atoms with Crippen molar-refractivity contribution in [3.05, 3.63) is 29.8 Å². The number of amides is 5. The summed E-state index contributed by atoms with van der Waals surface area (Å²) >= 11 is 1.39. The number of phenols is 1. The maximum atomic E-state index is 13.1. The van der Waals surface area contributed by atoms with E-state index in [0.29, 0.717) is 11.3 Å². The Morgan fingerprint density at radius 1 is 0.838 bits per heavy atom. The minimum absolute atomic E-state index is 0.0340. The maximum absolute atomic E-state index is 13.1. The monoisotopic (exact) mass is 540 g/mol. The average Bonchev–Trinajstić information content (AvgIpc) is 2.81. The Morgan fingerprint density at radius 3 is 1.86 bits per heavy atom. The second-order valence-electron chi connectivity index (χ2n) is 8.12. The molecule has 0 heterocycles. The molecule has 204 valence electrons. The van der Waals surface area contributed by atoms with Gasteiger partial charge < -0.3 is 43.4 Å². The van der Waals surface area contributed by atoms with Gasteiger partial charge in [0.15, 0.2) is 0 Å². The zero-order chi connectivity index (χ0) is 28.1. The third kappa shape index (κ3) is 11.6. The van der Waals surface area contributed by atoms with Gasteiger partial charge in [-0.3, -0.25) is 24.0 Å². The number of carbonyl (C=O) groups excluding carboxylic acids is 5. The third-order valence-corrected chi connectivity index (χ3v) is 5.67. The molecule has 0 aromatic heterocycles. The van der Waals surface area contributed by atoms with Gasteiger partial charge in [0.25, 0.3) is 0 Å². The van der Waals surface area contributed by atoms with Crippen molar-refractivity contribution in [1.82, 2.24) is 16.0 Å². The first-order valence-corrected chi connectivity index (χ1v) is 12.5. The van der Waals surface area contributed by atoms with Crippen molar-refractivity contribution in [2.24, 2.45) is 17.2 Å². The maximum Gasteiger partial charge on any atom is 0.326 e. The first-order valence-electron chi connectivity index (χ1n) is 11.1. The van der Waals surface area contributed by atoms with Crippen LogP contribution in [0, 0.1) is 0 Å². The Labute approximate surface area is 217 Å². The largest absolute Gasteiger partial charge is 0.508 e. The minimum Gasteiger partial charge on any atom is -0.508 e. The summed E-state index contributed by atoms with van der Waals surface area (Å²) in [5, 5.41) is 25.9. The lowest BCUT2D eigenvalue weighted by molar-refractivity contribution is -0.143. The van der Waals surface area contributed by atoms with Crippen molar-refractivity contribution in [2.45, 2.75) is 49.9 Å². The van der Waals surface area contributed by atoms with E-state index in [2.05, 4.69) is 16.0 Å². The highest BCUT2D eigenvalue weighted by molar-refractivity contribution is 7.98. The number of hydrogen-bond acceptors (Lipinski definition) is 9. The molecule has 0 aliphatic rings. The summed E-state index contributed by atoms with van der Waals surface area (Å²) in [6, 6.07) is 0.314. The van der Waals surface area contributed by atoms with Gasteiger partial charge in [-0.05, 0) is 36.1 Å². The molecule has 0 spiro atoms. The predicted octanol–water partition coefficient (Wildman–Crippen LogP) is -2.70. The van der Waals surface area contributed by atoms with Crippen LogP contribution in [0.1, 0.15) is 24.8 Å². The van der Waals surface area contributed by atoms with Gasteiger partial charge in [-0.25, -0.2) is 4.79 Å². The number of carbonyl (C=O) groups is 6. The molecular weight excluding hydrogens is 508 g/mol. The molecule has 14 nitrogen and oxygen atoms in total. The van der Waals surface area contributed by atoms with Gasteiger partial charge in [-0.2, -0.15) is 11.8 Å². The summed E-state index contributed by atoms with van der Waals surface area (Å²) in [5.41, 5.74) is 16.3. The van der Waals surface area contributed by atoms with Crippen LogP contribution in [0.3, 0.4) is 0 Å². The number of aliphatic carboxylic acids is 1. The van der Waals surface area contributed by atoms with E-state index >= 15 is 0 Å². The van der Waals surface area contributed by atoms with Crippen molar-refractivity contribution >= 4 is 47.3 Å². The fraction of sp³-hybridized carbons (Fsp3) is 0.455. The van der Waals surface area contributed by atoms with E-state index in [1.807, 2.05) is 0 Å². The molecule has 5 amide bonds. The number of nitrogens with two attached hydrogens (primary N) is 3. The predicted molar refractivity (Wildman–Crippen MR) is 134 cm³/mol. The zero-order valence-corrected chi connectivity index (χ0v) is 21.0. The zero-order valence-electron chi connectivity index (χ0n) is 20.1. The molecule has 4 unspecified atom stereocenters. The summed E-state index contributed by atoms with van der Waals surface area (Å²) in [4.78, 5) is 72.2. The number of benzene rings is 1. The molecule has 1 aromatic carbocycles. The topological polar surface area (TPSA) is 257 Å². The number of primary amides is 2. The fourth-order valence-corrected chi connectivity index (χ4v) is 3.59. The Kier molecular flexibility index (Phi) is 12.9. The molecule has 11 N–H and O–H groups in total. The molecule has 1 rings (SSSR count). The number of phenolic OH excluding ortho intramolecular Hbond substituents is 1. The van der Waals surface area contributed by atoms with E-state index in [9.17, 15) is 39.0 Å². The smallest absolute Gasteiger partial charge is 0.326 e. The van der Waals surface area contributed by atoms with Gasteiger partial charge in [0.05, 0.1) is 18.9 Å². The van der Waals surface area contributed by atoms with Crippen molar-refractivity contribution in [2.75, 3.05) is 12.0 Å². The molecule has 0 saturated carbocycles. The van der Waals surface area contributed by atoms with Crippen LogP contribution in [0.25, 0.3) is 0 Å². The molecule has 0 bridgehead atoms. The molecule has 0 radical (unpaired) electrons. The molecule has 0 aliphatic heterocycles. The van der Waals surface area contributed by atoms with Crippen LogP contribution < -0.4 is 33.2 Å². The van der Waals surface area contributed by atoms with Crippen LogP contribution in [-0.4, -0.2) is 81.9 Å². The van der Waals surface area contributed by atoms with Gasteiger partial charge in [0, 0.05) is 6.42 Å². The van der Waals surface area contributed by atoms with E-state index in [1.54, 1.807) is 6.26 Å². The first-order chi connectivity index (χ1) is 17.3. The summed E-state index contributed by atoms with van der Waals surface area (Å²) in [7, 11) is 0. The number of carboxylic acids is 1. The molecular formula is C22H32N6O8S. The highest BCUT2D eigenvalue weighted by Crippen LogP contribution is 2.12. The molecule has 37 heavy (non-hydrogen) atoms. The molecule has 0 aliphatic carbocycles. The van der Waals surface area contributed by atoms with Gasteiger partial charge >= 0.3 is 5.97 Å². The van der Waals surface area contributed by atoms with Crippen molar-refractivity contribution in [1.29, 1.82) is 0 Å². The number of aromatic hydroxyl groups is 1. The van der Waals surface area contributed by atoms with Gasteiger partial charge in [0.2, 0.25) is 29.5 Å². The second kappa shape index (κ2) is 15.3. The van der Waals surface area contributed by atoms with Gasteiger partial charge in [-0.1, -0.05) is 12.1 Å². The average molecular weight is 541 g/mol. The van der Waals surface area contributed by atoms with Gasteiger partial charge in [-0.15, -0.1) is 0 Å². The highest BCUT2D eigenvalue weighted by Gasteiger charge is 2.31. The fourth-order valence-electron chi connectivity index (χ4n) is 3.12. The lowest BCUT2D eigenvalue weighted by Crippen LogP contribution is -2.58. The quantitative estimate of drug-likeness (QED) is 0.108. The molecule has 0 fully saturated rings. The highest BCUT2D eigenvalue weighted by atomic mass is 32.2. The van der Waals surface area contributed by atoms with Crippen molar-refractivity contribution in [3.63, 3.8) is 0 Å². The number of carboxylic acid groups (broad SMARTS) is 1. The number of thioether (sulfide) groups is 1. The second-order valence-corrected chi connectivity index (χ2v) is 9.11. The van der Waals surface area contributed by atoms with Crippen LogP contribution in [0.4, 0.5) is 0 Å². The molecule has 1 aromatic rings. The summed E-state index contributed by atoms with van der Waals surface area (Å²) in [6.45, 7) is 0. The first kappa shape index (κ1) is 31.2.